The van der Waals surface area contributed by atoms with Crippen molar-refractivity contribution in [3.05, 3.63) is 11.5 Å². The number of carboxylic acids is 1. The predicted octanol–water partition coefficient (Wildman–Crippen LogP) is -1.66. The minimum Gasteiger partial charge on any atom is -0.492 e. The number of carbonyl (C=O) groups excluding carboxylic acids is 1. The Morgan fingerprint density at radius 2 is 2.09 bits per heavy atom. The second-order valence-corrected chi connectivity index (χ2v) is 4.74. The Balaban J connectivity index is 2.35. The number of nitrogens with zero attached hydrogens (tertiary/aromatic N) is 3. The molecule has 0 saturated carbocycles. The highest BCUT2D eigenvalue weighted by Crippen LogP contribution is 2.35. The first-order chi connectivity index (χ1) is 10.8. The minimum atomic E-state index is -1.64. The summed E-state index contributed by atoms with van der Waals surface area (Å²) >= 11 is 0. The summed E-state index contributed by atoms with van der Waals surface area (Å²) in [4.78, 5) is 25.4. The maximum Gasteiger partial charge on any atom is 0.372 e. The molecule has 0 amide bonds. The monoisotopic (exact) mass is 327 g/mol. The molecule has 1 aromatic rings. The van der Waals surface area contributed by atoms with Gasteiger partial charge in [-0.05, 0) is 0 Å². The van der Waals surface area contributed by atoms with Crippen LogP contribution in [0.2, 0.25) is 0 Å². The van der Waals surface area contributed by atoms with E-state index in [1.165, 1.54) is 6.07 Å². The molecule has 0 unspecified atom stereocenters. The molecule has 1 aliphatic heterocycles. The molecule has 0 bridgehead atoms. The van der Waals surface area contributed by atoms with E-state index in [0.717, 1.165) is 6.92 Å². The number of aromatic nitrogens is 2. The summed E-state index contributed by atoms with van der Waals surface area (Å²) in [6.07, 6.45) is -5.81. The first kappa shape index (κ1) is 16.7. The zero-order chi connectivity index (χ0) is 17.3. The first-order valence-electron chi connectivity index (χ1n) is 6.37. The number of aromatic carboxylic acids is 1. The number of hydrogen-bond acceptors (Lipinski definition) is 9. The van der Waals surface area contributed by atoms with Gasteiger partial charge in [0.05, 0.1) is 0 Å². The van der Waals surface area contributed by atoms with Gasteiger partial charge in [0.2, 0.25) is 17.4 Å². The number of aliphatic hydroxyl groups excluding tert-OH is 2. The van der Waals surface area contributed by atoms with Gasteiger partial charge in [0.25, 0.3) is 0 Å². The normalized spacial score (nSPS) is 26.7. The summed E-state index contributed by atoms with van der Waals surface area (Å²) < 4.78 is 10.5. The van der Waals surface area contributed by atoms with Gasteiger partial charge in [-0.15, -0.1) is 0 Å². The fourth-order valence-electron chi connectivity index (χ4n) is 2.17. The third-order valence-corrected chi connectivity index (χ3v) is 3.23. The van der Waals surface area contributed by atoms with Gasteiger partial charge in [0.1, 0.15) is 31.0 Å². The molecular formula is C12H13N3O8. The Bertz CT molecular complexity index is 679. The second kappa shape index (κ2) is 6.21. The van der Waals surface area contributed by atoms with E-state index in [4.69, 9.17) is 15.1 Å². The number of esters is 1. The molecule has 0 aliphatic carbocycles. The summed E-state index contributed by atoms with van der Waals surface area (Å²) in [7, 11) is 0. The van der Waals surface area contributed by atoms with E-state index < -0.39 is 53.9 Å². The number of nitriles is 1. The molecule has 4 atom stereocenters. The van der Waals surface area contributed by atoms with Gasteiger partial charge >= 0.3 is 11.9 Å². The zero-order valence-electron chi connectivity index (χ0n) is 11.8. The molecule has 11 heteroatoms. The van der Waals surface area contributed by atoms with Crippen molar-refractivity contribution in [3.63, 3.8) is 0 Å². The number of carboxylic acid groups (broad SMARTS) is 1. The van der Waals surface area contributed by atoms with Crippen LogP contribution in [0.4, 0.5) is 0 Å². The highest BCUT2D eigenvalue weighted by atomic mass is 16.6. The van der Waals surface area contributed by atoms with E-state index in [1.54, 1.807) is 0 Å². The SMILES string of the molecule is CC(=O)OC[C@H]1O[C@@H](n2c(C(=O)O)nc(C#N)c2O)[C@H](O)[C@@H]1O. The van der Waals surface area contributed by atoms with Crippen molar-refractivity contribution in [2.45, 2.75) is 31.5 Å². The third-order valence-electron chi connectivity index (χ3n) is 3.23. The van der Waals surface area contributed by atoms with Crippen molar-refractivity contribution in [1.82, 2.24) is 9.55 Å². The van der Waals surface area contributed by atoms with Crippen LogP contribution in [-0.2, 0) is 14.3 Å². The number of carbonyl (C=O) groups is 2. The van der Waals surface area contributed by atoms with Crippen molar-refractivity contribution < 1.29 is 39.5 Å². The smallest absolute Gasteiger partial charge is 0.372 e. The Hall–Kier alpha value is -2.68. The fourth-order valence-corrected chi connectivity index (χ4v) is 2.17. The lowest BCUT2D eigenvalue weighted by atomic mass is 10.1. The van der Waals surface area contributed by atoms with Crippen LogP contribution in [0.25, 0.3) is 0 Å². The molecule has 0 radical (unpaired) electrons. The van der Waals surface area contributed by atoms with Gasteiger partial charge < -0.3 is 29.9 Å². The van der Waals surface area contributed by atoms with Crippen molar-refractivity contribution in [3.8, 4) is 11.9 Å². The van der Waals surface area contributed by atoms with Crippen molar-refractivity contribution in [2.24, 2.45) is 0 Å². The van der Waals surface area contributed by atoms with Crippen LogP contribution in [0.1, 0.15) is 29.5 Å². The highest BCUT2D eigenvalue weighted by Gasteiger charge is 2.46. The molecule has 23 heavy (non-hydrogen) atoms. The number of rotatable bonds is 4. The van der Waals surface area contributed by atoms with Crippen LogP contribution >= 0.6 is 0 Å². The quantitative estimate of drug-likeness (QED) is 0.468. The van der Waals surface area contributed by atoms with Crippen molar-refractivity contribution >= 4 is 11.9 Å². The minimum absolute atomic E-state index is 0.382. The number of aliphatic hydroxyl groups is 2. The summed E-state index contributed by atoms with van der Waals surface area (Å²) in [6.45, 7) is 0.756. The lowest BCUT2D eigenvalue weighted by molar-refractivity contribution is -0.147. The third kappa shape index (κ3) is 2.95. The van der Waals surface area contributed by atoms with Gasteiger partial charge in [-0.25, -0.2) is 9.78 Å². The van der Waals surface area contributed by atoms with E-state index in [-0.39, 0.29) is 6.61 Å². The Morgan fingerprint density at radius 3 is 2.61 bits per heavy atom. The van der Waals surface area contributed by atoms with Gasteiger partial charge in [-0.1, -0.05) is 0 Å². The predicted molar refractivity (Wildman–Crippen MR) is 68.1 cm³/mol. The summed E-state index contributed by atoms with van der Waals surface area (Å²) in [5.74, 6) is -3.78. The Labute approximate surface area is 128 Å². The maximum atomic E-state index is 11.2. The number of imidazole rings is 1. The number of ether oxygens (including phenoxy) is 2. The fraction of sp³-hybridized carbons (Fsp3) is 0.500. The Morgan fingerprint density at radius 1 is 1.43 bits per heavy atom. The van der Waals surface area contributed by atoms with Gasteiger partial charge in [-0.2, -0.15) is 5.26 Å². The molecule has 1 aliphatic rings. The van der Waals surface area contributed by atoms with Crippen molar-refractivity contribution in [2.75, 3.05) is 6.61 Å². The second-order valence-electron chi connectivity index (χ2n) is 4.74. The lowest BCUT2D eigenvalue weighted by Crippen LogP contribution is -2.34. The van der Waals surface area contributed by atoms with Gasteiger partial charge in [0.15, 0.2) is 6.23 Å². The molecule has 0 aromatic carbocycles. The van der Waals surface area contributed by atoms with E-state index in [0.29, 0.717) is 4.57 Å². The number of hydrogen-bond donors (Lipinski definition) is 4. The molecule has 11 nitrogen and oxygen atoms in total. The average Bonchev–Trinajstić information content (AvgIpc) is 2.96. The molecule has 1 aromatic heterocycles. The molecule has 1 saturated heterocycles. The highest BCUT2D eigenvalue weighted by molar-refractivity contribution is 5.84. The largest absolute Gasteiger partial charge is 0.492 e. The van der Waals surface area contributed by atoms with Crippen LogP contribution in [0.3, 0.4) is 0 Å². The molecular weight excluding hydrogens is 314 g/mol. The van der Waals surface area contributed by atoms with Crippen LogP contribution < -0.4 is 0 Å². The van der Waals surface area contributed by atoms with E-state index >= 15 is 0 Å². The van der Waals surface area contributed by atoms with E-state index in [9.17, 15) is 24.9 Å². The molecule has 2 heterocycles. The summed E-state index contributed by atoms with van der Waals surface area (Å²) in [5, 5.41) is 47.7. The molecule has 124 valence electrons. The van der Waals surface area contributed by atoms with Crippen LogP contribution in [0, 0.1) is 11.3 Å². The van der Waals surface area contributed by atoms with E-state index in [1.807, 2.05) is 0 Å². The number of aromatic hydroxyl groups is 1. The van der Waals surface area contributed by atoms with Crippen LogP contribution in [0.5, 0.6) is 5.88 Å². The standard InChI is InChI=1S/C12H13N3O8/c1-4(16)22-3-6-7(17)8(18)11(23-6)15-9(12(20)21)14-5(2-13)10(15)19/h6-8,11,17-19H,3H2,1H3,(H,20,21)/t6-,7-,8-,11-/m1/s1. The van der Waals surface area contributed by atoms with Gasteiger partial charge in [0, 0.05) is 6.92 Å². The zero-order valence-corrected chi connectivity index (χ0v) is 11.8. The molecule has 0 spiro atoms. The first-order valence-corrected chi connectivity index (χ1v) is 6.37. The topological polar surface area (TPSA) is 175 Å². The molecule has 4 N–H and O–H groups in total. The van der Waals surface area contributed by atoms with Crippen LogP contribution in [-0.4, -0.2) is 66.8 Å². The lowest BCUT2D eigenvalue weighted by Gasteiger charge is -2.18. The summed E-state index contributed by atoms with van der Waals surface area (Å²) in [5.41, 5.74) is -0.573. The molecule has 1 fully saturated rings. The summed E-state index contributed by atoms with van der Waals surface area (Å²) in [6, 6.07) is 1.50. The van der Waals surface area contributed by atoms with E-state index in [2.05, 4.69) is 9.72 Å². The average molecular weight is 327 g/mol. The maximum absolute atomic E-state index is 11.2. The Kier molecular flexibility index (Phi) is 4.50. The van der Waals surface area contributed by atoms with Crippen molar-refractivity contribution in [1.29, 1.82) is 5.26 Å². The van der Waals surface area contributed by atoms with Gasteiger partial charge in [-0.3, -0.25) is 9.36 Å². The van der Waals surface area contributed by atoms with Crippen LogP contribution in [0.15, 0.2) is 0 Å². The molecule has 2 rings (SSSR count).